The van der Waals surface area contributed by atoms with Gasteiger partial charge in [0.2, 0.25) is 0 Å². The van der Waals surface area contributed by atoms with Gasteiger partial charge >= 0.3 is 0 Å². The number of hydrogen-bond acceptors (Lipinski definition) is 1. The second-order valence-electron chi connectivity index (χ2n) is 2.34. The van der Waals surface area contributed by atoms with E-state index in [1.807, 2.05) is 24.6 Å². The number of hydrogen-bond donors (Lipinski definition) is 0. The Hall–Kier alpha value is -0.940. The Bertz CT molecular complexity index is 171. The van der Waals surface area contributed by atoms with Gasteiger partial charge < -0.3 is 4.90 Å². The molecule has 1 heterocycles. The highest BCUT2D eigenvalue weighted by Gasteiger charge is 1.98. The summed E-state index contributed by atoms with van der Waals surface area (Å²) >= 11 is 0. The molecule has 0 spiro atoms. The lowest BCUT2D eigenvalue weighted by Crippen LogP contribution is -2.18. The Morgan fingerprint density at radius 1 is 1.44 bits per heavy atom. The summed E-state index contributed by atoms with van der Waals surface area (Å²) in [6, 6.07) is 0.544. The lowest BCUT2D eigenvalue weighted by molar-refractivity contribution is 0.416. The van der Waals surface area contributed by atoms with Gasteiger partial charge in [-0.3, -0.25) is 0 Å². The maximum atomic E-state index is 3.01. The molecule has 0 saturated carbocycles. The number of rotatable bonds is 1. The van der Waals surface area contributed by atoms with Crippen LogP contribution >= 0.6 is 0 Å². The average molecular weight is 121 g/mol. The first-order valence-electron chi connectivity index (χ1n) is 3.17. The van der Waals surface area contributed by atoms with Crippen LogP contribution in [-0.2, 0) is 0 Å². The molecule has 0 aromatic heterocycles. The van der Waals surface area contributed by atoms with E-state index >= 15 is 0 Å². The zero-order chi connectivity index (χ0) is 6.69. The van der Waals surface area contributed by atoms with Crippen molar-refractivity contribution in [2.75, 3.05) is 0 Å². The molecule has 0 radical (unpaired) electrons. The molecule has 48 valence electrons. The van der Waals surface area contributed by atoms with E-state index < -0.39 is 0 Å². The first-order valence-corrected chi connectivity index (χ1v) is 3.17. The van der Waals surface area contributed by atoms with Crippen molar-refractivity contribution >= 4 is 0 Å². The van der Waals surface area contributed by atoms with Crippen molar-refractivity contribution in [2.24, 2.45) is 0 Å². The zero-order valence-electron chi connectivity index (χ0n) is 5.83. The highest BCUT2D eigenvalue weighted by Crippen LogP contribution is 2.01. The van der Waals surface area contributed by atoms with Gasteiger partial charge in [-0.05, 0) is 26.0 Å². The van der Waals surface area contributed by atoms with Crippen molar-refractivity contribution < 1.29 is 0 Å². The van der Waals surface area contributed by atoms with Crippen molar-refractivity contribution in [3.05, 3.63) is 30.3 Å². The number of allylic oxidation sites excluding steroid dienone is 2. The Balaban J connectivity index is 2.65. The summed E-state index contributed by atoms with van der Waals surface area (Å²) in [5, 5.41) is 0. The summed E-state index contributed by atoms with van der Waals surface area (Å²) < 4.78 is 0. The number of nitrogens with zero attached hydrogens (tertiary/aromatic N) is 1. The molecule has 0 aliphatic carbocycles. The van der Waals surface area contributed by atoms with Crippen LogP contribution in [0.25, 0.3) is 0 Å². The summed E-state index contributed by atoms with van der Waals surface area (Å²) in [5.74, 6) is 0. The molecule has 0 aromatic carbocycles. The van der Waals surface area contributed by atoms with Gasteiger partial charge in [-0.2, -0.15) is 0 Å². The summed E-state index contributed by atoms with van der Waals surface area (Å²) in [7, 11) is 0. The van der Waals surface area contributed by atoms with Gasteiger partial charge in [0, 0.05) is 18.4 Å². The summed E-state index contributed by atoms with van der Waals surface area (Å²) in [4.78, 5) is 2.11. The normalized spacial score (nSPS) is 15.7. The highest BCUT2D eigenvalue weighted by atomic mass is 15.1. The molecule has 0 unspecified atom stereocenters. The molecule has 9 heavy (non-hydrogen) atoms. The Kier molecular flexibility index (Phi) is 1.76. The van der Waals surface area contributed by atoms with E-state index in [9.17, 15) is 0 Å². The van der Waals surface area contributed by atoms with Crippen LogP contribution in [0.15, 0.2) is 30.3 Å². The van der Waals surface area contributed by atoms with E-state index in [1.54, 1.807) is 0 Å². The molecule has 0 bridgehead atoms. The maximum Gasteiger partial charge on any atom is 0.0466 e. The average Bonchev–Trinajstić information content (AvgIpc) is 1.90. The summed E-state index contributed by atoms with van der Waals surface area (Å²) in [6.07, 6.45) is 7.88. The van der Waals surface area contributed by atoms with Gasteiger partial charge in [-0.15, -0.1) is 5.73 Å². The molecule has 1 nitrogen and oxygen atoms in total. The molecule has 0 aromatic rings. The van der Waals surface area contributed by atoms with Crippen molar-refractivity contribution in [3.8, 4) is 0 Å². The minimum atomic E-state index is 0.544. The smallest absolute Gasteiger partial charge is 0.0466 e. The quantitative estimate of drug-likeness (QED) is 0.479. The van der Waals surface area contributed by atoms with E-state index in [-0.39, 0.29) is 0 Å². The molecule has 1 heteroatoms. The molecule has 1 rings (SSSR count). The molecule has 1 aliphatic heterocycles. The van der Waals surface area contributed by atoms with Crippen LogP contribution in [0, 0.1) is 0 Å². The Morgan fingerprint density at radius 3 is 2.56 bits per heavy atom. The lowest BCUT2D eigenvalue weighted by Gasteiger charge is -2.19. The van der Waals surface area contributed by atoms with Crippen molar-refractivity contribution in [3.63, 3.8) is 0 Å². The lowest BCUT2D eigenvalue weighted by atomic mass is 10.3. The molecule has 1 aliphatic rings. The fourth-order valence-electron chi connectivity index (χ4n) is 0.691. The van der Waals surface area contributed by atoms with Gasteiger partial charge in [0.1, 0.15) is 0 Å². The van der Waals surface area contributed by atoms with E-state index in [0.29, 0.717) is 6.04 Å². The van der Waals surface area contributed by atoms with Gasteiger partial charge in [0.05, 0.1) is 0 Å². The van der Waals surface area contributed by atoms with E-state index in [4.69, 9.17) is 0 Å². The van der Waals surface area contributed by atoms with Crippen LogP contribution in [-0.4, -0.2) is 10.9 Å². The monoisotopic (exact) mass is 121 g/mol. The van der Waals surface area contributed by atoms with Gasteiger partial charge in [-0.25, -0.2) is 0 Å². The molecular weight excluding hydrogens is 110 g/mol. The topological polar surface area (TPSA) is 3.24 Å². The van der Waals surface area contributed by atoms with Crippen LogP contribution in [0.5, 0.6) is 0 Å². The predicted octanol–water partition coefficient (Wildman–Crippen LogP) is 1.89. The fourth-order valence-corrected chi connectivity index (χ4v) is 0.691. The molecule has 0 saturated heterocycles. The fraction of sp³-hybridized carbons (Fsp3) is 0.375. The third-order valence-corrected chi connectivity index (χ3v) is 1.27. The second-order valence-corrected chi connectivity index (χ2v) is 2.34. The third-order valence-electron chi connectivity index (χ3n) is 1.27. The largest absolute Gasteiger partial charge is 0.345 e. The minimum absolute atomic E-state index is 0.544. The first kappa shape index (κ1) is 6.18. The van der Waals surface area contributed by atoms with Crippen LogP contribution in [0.4, 0.5) is 0 Å². The molecule has 0 amide bonds. The molecule has 0 fully saturated rings. The van der Waals surface area contributed by atoms with Crippen LogP contribution < -0.4 is 0 Å². The van der Waals surface area contributed by atoms with Crippen LogP contribution in [0.2, 0.25) is 0 Å². The van der Waals surface area contributed by atoms with Crippen molar-refractivity contribution in [2.45, 2.75) is 19.9 Å². The Labute approximate surface area is 56.0 Å². The van der Waals surface area contributed by atoms with Crippen LogP contribution in [0.3, 0.4) is 0 Å². The summed E-state index contributed by atoms with van der Waals surface area (Å²) in [6.45, 7) is 4.29. The second kappa shape index (κ2) is 2.56. The summed E-state index contributed by atoms with van der Waals surface area (Å²) in [5.41, 5.74) is 3.01. The maximum absolute atomic E-state index is 3.01. The molecular formula is C8H11N. The Morgan fingerprint density at radius 2 is 2.22 bits per heavy atom. The highest BCUT2D eigenvalue weighted by molar-refractivity contribution is 5.09. The predicted molar refractivity (Wildman–Crippen MR) is 38.8 cm³/mol. The van der Waals surface area contributed by atoms with Gasteiger partial charge in [-0.1, -0.05) is 0 Å². The van der Waals surface area contributed by atoms with Gasteiger partial charge in [0.15, 0.2) is 0 Å². The van der Waals surface area contributed by atoms with E-state index in [1.165, 1.54) is 0 Å². The van der Waals surface area contributed by atoms with Crippen molar-refractivity contribution in [1.29, 1.82) is 0 Å². The van der Waals surface area contributed by atoms with Crippen molar-refractivity contribution in [1.82, 2.24) is 4.90 Å². The minimum Gasteiger partial charge on any atom is -0.345 e. The zero-order valence-corrected chi connectivity index (χ0v) is 5.83. The molecule has 0 N–H and O–H groups in total. The SMILES string of the molecule is CC(C)N1C=C=CC=C1. The van der Waals surface area contributed by atoms with Crippen LogP contribution in [0.1, 0.15) is 13.8 Å². The standard InChI is InChI=1S/C8H11N/c1-8(2)9-6-4-3-5-7-9/h3-4,6-8H,1-2H3. The van der Waals surface area contributed by atoms with E-state index in [2.05, 4.69) is 24.5 Å². The van der Waals surface area contributed by atoms with Gasteiger partial charge in [0.25, 0.3) is 0 Å². The molecule has 0 atom stereocenters. The third kappa shape index (κ3) is 1.48. The van der Waals surface area contributed by atoms with E-state index in [0.717, 1.165) is 0 Å². The first-order chi connectivity index (χ1) is 4.30.